The molecule has 0 bridgehead atoms. The number of aliphatic hydroxyl groups is 1. The Hall–Kier alpha value is -0.130. The van der Waals surface area contributed by atoms with Crippen molar-refractivity contribution in [2.45, 2.75) is 24.7 Å². The van der Waals surface area contributed by atoms with Gasteiger partial charge in [0.15, 0.2) is 0 Å². The van der Waals surface area contributed by atoms with E-state index in [0.29, 0.717) is 27.6 Å². The summed E-state index contributed by atoms with van der Waals surface area (Å²) >= 11 is 13.5. The van der Waals surface area contributed by atoms with Crippen molar-refractivity contribution >= 4 is 35.0 Å². The number of rotatable bonds is 9. The third-order valence-corrected chi connectivity index (χ3v) is 4.62. The quantitative estimate of drug-likeness (QED) is 0.677. The second-order valence-electron chi connectivity index (χ2n) is 4.58. The summed E-state index contributed by atoms with van der Waals surface area (Å²) in [5.41, 5.74) is 0. The van der Waals surface area contributed by atoms with E-state index in [4.69, 9.17) is 27.9 Å². The minimum Gasteiger partial charge on any atom is -0.491 e. The molecule has 114 valence electrons. The Kier molecular flexibility index (Phi) is 8.73. The van der Waals surface area contributed by atoms with Crippen molar-refractivity contribution in [2.24, 2.45) is 0 Å². The van der Waals surface area contributed by atoms with Crippen LogP contribution in [0.15, 0.2) is 18.2 Å². The molecule has 6 heteroatoms. The SMILES string of the molecule is CSC(C)CCNCC(O)COc1ccc(Cl)c(Cl)c1. The number of aliphatic hydroxyl groups excluding tert-OH is 1. The molecule has 2 N–H and O–H groups in total. The molecular formula is C14H21Cl2NO2S. The summed E-state index contributed by atoms with van der Waals surface area (Å²) in [6, 6.07) is 5.05. The Balaban J connectivity index is 2.19. The number of benzene rings is 1. The molecule has 3 nitrogen and oxygen atoms in total. The largest absolute Gasteiger partial charge is 0.491 e. The van der Waals surface area contributed by atoms with Gasteiger partial charge in [0.1, 0.15) is 18.5 Å². The van der Waals surface area contributed by atoms with Gasteiger partial charge in [0, 0.05) is 17.9 Å². The average molecular weight is 338 g/mol. The van der Waals surface area contributed by atoms with Crippen LogP contribution in [-0.4, -0.2) is 42.4 Å². The van der Waals surface area contributed by atoms with Gasteiger partial charge in [-0.2, -0.15) is 11.8 Å². The number of thioether (sulfide) groups is 1. The third kappa shape index (κ3) is 7.04. The van der Waals surface area contributed by atoms with Crippen molar-refractivity contribution < 1.29 is 9.84 Å². The molecule has 0 aromatic heterocycles. The first-order valence-corrected chi connectivity index (χ1v) is 8.56. The fourth-order valence-electron chi connectivity index (χ4n) is 1.51. The summed E-state index contributed by atoms with van der Waals surface area (Å²) in [6.45, 7) is 3.83. The summed E-state index contributed by atoms with van der Waals surface area (Å²) in [5.74, 6) is 0.606. The first-order chi connectivity index (χ1) is 9.52. The summed E-state index contributed by atoms with van der Waals surface area (Å²) in [5, 5.41) is 14.6. The zero-order valence-electron chi connectivity index (χ0n) is 11.7. The lowest BCUT2D eigenvalue weighted by atomic mass is 10.3. The van der Waals surface area contributed by atoms with Gasteiger partial charge in [0.2, 0.25) is 0 Å². The summed E-state index contributed by atoms with van der Waals surface area (Å²) < 4.78 is 5.47. The van der Waals surface area contributed by atoms with Gasteiger partial charge in [-0.05, 0) is 31.4 Å². The van der Waals surface area contributed by atoms with Gasteiger partial charge < -0.3 is 15.2 Å². The van der Waals surface area contributed by atoms with Crippen LogP contribution in [0, 0.1) is 0 Å². The van der Waals surface area contributed by atoms with Crippen molar-refractivity contribution in [2.75, 3.05) is 26.0 Å². The Morgan fingerprint density at radius 2 is 2.10 bits per heavy atom. The van der Waals surface area contributed by atoms with Crippen molar-refractivity contribution in [1.82, 2.24) is 5.32 Å². The number of hydrogen-bond acceptors (Lipinski definition) is 4. The van der Waals surface area contributed by atoms with Crippen LogP contribution in [0.2, 0.25) is 10.0 Å². The lowest BCUT2D eigenvalue weighted by Gasteiger charge is -2.14. The van der Waals surface area contributed by atoms with E-state index in [1.54, 1.807) is 18.2 Å². The monoisotopic (exact) mass is 337 g/mol. The molecule has 0 saturated carbocycles. The number of hydrogen-bond donors (Lipinski definition) is 2. The average Bonchev–Trinajstić information content (AvgIpc) is 2.44. The molecule has 2 unspecified atom stereocenters. The van der Waals surface area contributed by atoms with E-state index < -0.39 is 6.10 Å². The van der Waals surface area contributed by atoms with Crippen LogP contribution < -0.4 is 10.1 Å². The maximum absolute atomic E-state index is 9.81. The molecule has 0 aliphatic heterocycles. The van der Waals surface area contributed by atoms with Crippen molar-refractivity contribution in [3.05, 3.63) is 28.2 Å². The van der Waals surface area contributed by atoms with Gasteiger partial charge >= 0.3 is 0 Å². The first kappa shape index (κ1) is 17.9. The van der Waals surface area contributed by atoms with Crippen LogP contribution in [0.5, 0.6) is 5.75 Å². The molecule has 1 rings (SSSR count). The fourth-order valence-corrected chi connectivity index (χ4v) is 2.15. The van der Waals surface area contributed by atoms with Crippen LogP contribution in [0.1, 0.15) is 13.3 Å². The minimum atomic E-state index is -0.547. The van der Waals surface area contributed by atoms with Crippen molar-refractivity contribution in [3.63, 3.8) is 0 Å². The normalized spacial score (nSPS) is 14.1. The molecule has 1 aromatic rings. The highest BCUT2D eigenvalue weighted by Gasteiger charge is 2.07. The predicted octanol–water partition coefficient (Wildman–Crippen LogP) is 3.46. The van der Waals surface area contributed by atoms with E-state index in [1.165, 1.54) is 0 Å². The maximum atomic E-state index is 9.81. The Labute approximate surface area is 135 Å². The maximum Gasteiger partial charge on any atom is 0.121 e. The Morgan fingerprint density at radius 3 is 2.75 bits per heavy atom. The summed E-state index contributed by atoms with van der Waals surface area (Å²) in [7, 11) is 0. The molecule has 1 aromatic carbocycles. The zero-order chi connectivity index (χ0) is 15.0. The fraction of sp³-hybridized carbons (Fsp3) is 0.571. The second-order valence-corrected chi connectivity index (χ2v) is 6.67. The Morgan fingerprint density at radius 1 is 1.35 bits per heavy atom. The van der Waals surface area contributed by atoms with Gasteiger partial charge in [-0.3, -0.25) is 0 Å². The topological polar surface area (TPSA) is 41.5 Å². The first-order valence-electron chi connectivity index (χ1n) is 6.52. The molecule has 0 fully saturated rings. The zero-order valence-corrected chi connectivity index (χ0v) is 14.1. The molecule has 0 radical (unpaired) electrons. The molecule has 0 aliphatic carbocycles. The molecule has 0 aliphatic rings. The van der Waals surface area contributed by atoms with E-state index in [2.05, 4.69) is 18.5 Å². The van der Waals surface area contributed by atoms with Crippen LogP contribution in [0.4, 0.5) is 0 Å². The number of ether oxygens (including phenoxy) is 1. The third-order valence-electron chi connectivity index (χ3n) is 2.84. The van der Waals surface area contributed by atoms with E-state index in [-0.39, 0.29) is 6.61 Å². The summed E-state index contributed by atoms with van der Waals surface area (Å²) in [6.07, 6.45) is 2.64. The van der Waals surface area contributed by atoms with Gasteiger partial charge in [-0.25, -0.2) is 0 Å². The van der Waals surface area contributed by atoms with E-state index >= 15 is 0 Å². The highest BCUT2D eigenvalue weighted by atomic mass is 35.5. The number of nitrogens with one attached hydrogen (secondary N) is 1. The lowest BCUT2D eigenvalue weighted by molar-refractivity contribution is 0.106. The molecule has 0 spiro atoms. The van der Waals surface area contributed by atoms with Crippen molar-refractivity contribution in [1.29, 1.82) is 0 Å². The highest BCUT2D eigenvalue weighted by molar-refractivity contribution is 7.99. The van der Waals surface area contributed by atoms with Gasteiger partial charge in [0.25, 0.3) is 0 Å². The van der Waals surface area contributed by atoms with Crippen LogP contribution in [-0.2, 0) is 0 Å². The number of halogens is 2. The minimum absolute atomic E-state index is 0.225. The van der Waals surface area contributed by atoms with Crippen molar-refractivity contribution in [3.8, 4) is 5.75 Å². The van der Waals surface area contributed by atoms with E-state index in [1.807, 2.05) is 11.8 Å². The predicted molar refractivity (Wildman–Crippen MR) is 88.4 cm³/mol. The van der Waals surface area contributed by atoms with Gasteiger partial charge in [-0.15, -0.1) is 0 Å². The smallest absolute Gasteiger partial charge is 0.121 e. The standard InChI is InChI=1S/C14H21Cl2NO2S/c1-10(20-2)5-6-17-8-11(18)9-19-12-3-4-13(15)14(16)7-12/h3-4,7,10-11,17-18H,5-6,8-9H2,1-2H3. The van der Waals surface area contributed by atoms with Crippen LogP contribution in [0.3, 0.4) is 0 Å². The van der Waals surface area contributed by atoms with Gasteiger partial charge in [-0.1, -0.05) is 30.1 Å². The second kappa shape index (κ2) is 9.74. The molecule has 20 heavy (non-hydrogen) atoms. The molecule has 0 amide bonds. The van der Waals surface area contributed by atoms with Crippen LogP contribution in [0.25, 0.3) is 0 Å². The highest BCUT2D eigenvalue weighted by Crippen LogP contribution is 2.26. The van der Waals surface area contributed by atoms with E-state index in [9.17, 15) is 5.11 Å². The molecule has 2 atom stereocenters. The van der Waals surface area contributed by atoms with Crippen LogP contribution >= 0.6 is 35.0 Å². The van der Waals surface area contributed by atoms with E-state index in [0.717, 1.165) is 13.0 Å². The Bertz CT molecular complexity index is 407. The summed E-state index contributed by atoms with van der Waals surface area (Å²) in [4.78, 5) is 0. The molecule has 0 heterocycles. The molecular weight excluding hydrogens is 317 g/mol. The lowest BCUT2D eigenvalue weighted by Crippen LogP contribution is -2.32. The van der Waals surface area contributed by atoms with Gasteiger partial charge in [0.05, 0.1) is 10.0 Å². The molecule has 0 saturated heterocycles.